The van der Waals surface area contributed by atoms with Crippen molar-refractivity contribution in [1.82, 2.24) is 14.9 Å². The summed E-state index contributed by atoms with van der Waals surface area (Å²) in [5, 5.41) is 2.05. The Labute approximate surface area is 198 Å². The van der Waals surface area contributed by atoms with Crippen molar-refractivity contribution in [2.24, 2.45) is 4.99 Å². The van der Waals surface area contributed by atoms with Crippen molar-refractivity contribution < 1.29 is 17.5 Å². The van der Waals surface area contributed by atoms with E-state index < -0.39 is 20.6 Å². The van der Waals surface area contributed by atoms with Gasteiger partial charge in [-0.3, -0.25) is 23.7 Å². The first-order valence-electron chi connectivity index (χ1n) is 10.5. The quantitative estimate of drug-likeness (QED) is 0.403. The Balaban J connectivity index is 1.30. The van der Waals surface area contributed by atoms with Crippen LogP contribution in [0.1, 0.15) is 5.69 Å². The maximum Gasteiger partial charge on any atom is 0.279 e. The van der Waals surface area contributed by atoms with Gasteiger partial charge in [-0.1, -0.05) is 30.0 Å². The summed E-state index contributed by atoms with van der Waals surface area (Å²) >= 11 is 1.70. The van der Waals surface area contributed by atoms with E-state index in [9.17, 15) is 17.5 Å². The number of anilines is 1. The lowest BCUT2D eigenvalue weighted by molar-refractivity contribution is 0.288. The topological polar surface area (TPSA) is 131 Å². The lowest BCUT2D eigenvalue weighted by Crippen LogP contribution is -2.41. The number of aliphatic imine (C=N–C) groups is 1. The first-order chi connectivity index (χ1) is 15.8. The number of aromatic amines is 1. The van der Waals surface area contributed by atoms with Crippen LogP contribution in [0.25, 0.3) is 10.9 Å². The maximum atomic E-state index is 12.7. The minimum atomic E-state index is -3.80. The Morgan fingerprint density at radius 1 is 1.18 bits per heavy atom. The zero-order valence-corrected chi connectivity index (χ0v) is 20.2. The van der Waals surface area contributed by atoms with Crippen molar-refractivity contribution in [2.75, 3.05) is 42.4 Å². The van der Waals surface area contributed by atoms with Crippen molar-refractivity contribution in [2.45, 2.75) is 10.3 Å². The molecule has 2 aromatic heterocycles. The molecule has 0 spiro atoms. The smallest absolute Gasteiger partial charge is 0.279 e. The van der Waals surface area contributed by atoms with E-state index in [1.807, 2.05) is 18.2 Å². The fourth-order valence-electron chi connectivity index (χ4n) is 3.96. The van der Waals surface area contributed by atoms with Crippen molar-refractivity contribution in [3.05, 3.63) is 54.4 Å². The number of aromatic nitrogens is 2. The first kappa shape index (κ1) is 22.7. The number of sulfonamides is 1. The van der Waals surface area contributed by atoms with Gasteiger partial charge in [0, 0.05) is 36.5 Å². The molecule has 0 aliphatic carbocycles. The third-order valence-electron chi connectivity index (χ3n) is 5.69. The van der Waals surface area contributed by atoms with Gasteiger partial charge in [0.05, 0.1) is 34.9 Å². The number of rotatable bonds is 6. The van der Waals surface area contributed by atoms with Gasteiger partial charge in [-0.15, -0.1) is 0 Å². The van der Waals surface area contributed by atoms with Crippen LogP contribution >= 0.6 is 22.4 Å². The van der Waals surface area contributed by atoms with Crippen molar-refractivity contribution in [3.63, 3.8) is 0 Å². The fourth-order valence-corrected chi connectivity index (χ4v) is 7.42. The minimum absolute atomic E-state index is 0.0358. The SMILES string of the molecule is O=S(=O)(Nc1cccc2cc(C3=NCC(CN4CCS(O)(O)CC4)S3)[nH]c12)c1ccccn1. The highest BCUT2D eigenvalue weighted by atomic mass is 32.3. The molecule has 9 nitrogen and oxygen atoms in total. The van der Waals surface area contributed by atoms with E-state index >= 15 is 0 Å². The molecule has 1 fully saturated rings. The van der Waals surface area contributed by atoms with E-state index in [0.717, 1.165) is 22.7 Å². The summed E-state index contributed by atoms with van der Waals surface area (Å²) in [6.45, 7) is 2.94. The molecular weight excluding hydrogens is 482 g/mol. The van der Waals surface area contributed by atoms with Crippen LogP contribution in [0.3, 0.4) is 0 Å². The van der Waals surface area contributed by atoms with Gasteiger partial charge in [-0.2, -0.15) is 19.0 Å². The van der Waals surface area contributed by atoms with Gasteiger partial charge in [-0.05, 0) is 24.3 Å². The van der Waals surface area contributed by atoms with E-state index in [0.29, 0.717) is 47.6 Å². The number of hydrogen-bond acceptors (Lipinski definition) is 8. The molecule has 1 unspecified atom stereocenters. The Morgan fingerprint density at radius 3 is 2.76 bits per heavy atom. The molecule has 33 heavy (non-hydrogen) atoms. The van der Waals surface area contributed by atoms with Gasteiger partial charge in [0.1, 0.15) is 5.04 Å². The summed E-state index contributed by atoms with van der Waals surface area (Å²) in [4.78, 5) is 14.3. The highest BCUT2D eigenvalue weighted by Crippen LogP contribution is 2.40. The monoisotopic (exact) mass is 507 g/mol. The number of nitrogens with one attached hydrogen (secondary N) is 2. The van der Waals surface area contributed by atoms with Crippen LogP contribution in [0.15, 0.2) is 58.7 Å². The highest BCUT2D eigenvalue weighted by Gasteiger charge is 2.28. The molecule has 176 valence electrons. The van der Waals surface area contributed by atoms with Crippen LogP contribution in [-0.4, -0.2) is 80.4 Å². The molecule has 2 aliphatic rings. The lowest BCUT2D eigenvalue weighted by atomic mass is 10.2. The number of fused-ring (bicyclic) bond motifs is 1. The molecule has 5 rings (SSSR count). The molecular formula is C21H25N5O4S3. The van der Waals surface area contributed by atoms with Gasteiger partial charge in [0.2, 0.25) is 0 Å². The summed E-state index contributed by atoms with van der Waals surface area (Å²) < 4.78 is 47.7. The number of benzene rings is 1. The predicted octanol–water partition coefficient (Wildman–Crippen LogP) is 3.29. The van der Waals surface area contributed by atoms with Crippen LogP contribution in [-0.2, 0) is 10.0 Å². The van der Waals surface area contributed by atoms with Crippen molar-refractivity contribution in [1.29, 1.82) is 0 Å². The van der Waals surface area contributed by atoms with E-state index in [2.05, 4.69) is 19.6 Å². The minimum Gasteiger partial charge on any atom is -0.351 e. The number of hydrogen-bond donors (Lipinski definition) is 4. The molecule has 1 atom stereocenters. The second-order valence-corrected chi connectivity index (χ2v) is 13.5. The third kappa shape index (κ3) is 5.05. The zero-order valence-electron chi connectivity index (χ0n) is 17.7. The second-order valence-electron chi connectivity index (χ2n) is 8.12. The van der Waals surface area contributed by atoms with E-state index in [-0.39, 0.29) is 5.03 Å². The molecule has 0 amide bonds. The number of thioether (sulfide) groups is 1. The van der Waals surface area contributed by atoms with E-state index in [1.165, 1.54) is 12.3 Å². The molecule has 1 saturated heterocycles. The van der Waals surface area contributed by atoms with Crippen LogP contribution in [0.5, 0.6) is 0 Å². The second kappa shape index (κ2) is 8.93. The number of pyridine rings is 1. The van der Waals surface area contributed by atoms with Gasteiger partial charge < -0.3 is 4.98 Å². The highest BCUT2D eigenvalue weighted by molar-refractivity contribution is 8.24. The van der Waals surface area contributed by atoms with Crippen molar-refractivity contribution in [3.8, 4) is 0 Å². The molecule has 3 aromatic rings. The molecule has 4 heterocycles. The normalized spacial score (nSPS) is 22.2. The first-order valence-corrected chi connectivity index (χ1v) is 14.8. The molecule has 1 aromatic carbocycles. The molecule has 12 heteroatoms. The molecule has 0 radical (unpaired) electrons. The van der Waals surface area contributed by atoms with Crippen LogP contribution < -0.4 is 4.72 Å². The summed E-state index contributed by atoms with van der Waals surface area (Å²) in [6.07, 6.45) is 1.45. The fraction of sp³-hybridized carbons (Fsp3) is 0.333. The van der Waals surface area contributed by atoms with Gasteiger partial charge in [-0.25, -0.2) is 4.98 Å². The maximum absolute atomic E-state index is 12.7. The van der Waals surface area contributed by atoms with E-state index in [4.69, 9.17) is 4.99 Å². The largest absolute Gasteiger partial charge is 0.351 e. The van der Waals surface area contributed by atoms with Crippen LogP contribution in [0, 0.1) is 0 Å². The average molecular weight is 508 g/mol. The summed E-state index contributed by atoms with van der Waals surface area (Å²) in [6, 6.07) is 12.2. The Hall–Kier alpha value is -2.09. The number of para-hydroxylation sites is 1. The van der Waals surface area contributed by atoms with E-state index in [1.54, 1.807) is 30.0 Å². The molecule has 2 aliphatic heterocycles. The Morgan fingerprint density at radius 2 is 2.00 bits per heavy atom. The summed E-state index contributed by atoms with van der Waals surface area (Å²) in [5.41, 5.74) is 2.01. The Kier molecular flexibility index (Phi) is 6.14. The predicted molar refractivity (Wildman–Crippen MR) is 135 cm³/mol. The van der Waals surface area contributed by atoms with Gasteiger partial charge in [0.25, 0.3) is 10.0 Å². The van der Waals surface area contributed by atoms with Gasteiger partial charge >= 0.3 is 0 Å². The van der Waals surface area contributed by atoms with Crippen molar-refractivity contribution >= 4 is 54.0 Å². The average Bonchev–Trinajstić information content (AvgIpc) is 3.43. The standard InChI is InChI=1S/C21H25N5O4S3/c27-32(28)10-8-26(9-11-32)14-16-13-23-21(31-16)18-12-15-4-3-5-17(20(15)24-18)25-33(29,30)19-6-1-2-7-22-19/h1-7,12,16,24-25,27-28H,8-11,13-14H2. The van der Waals surface area contributed by atoms with Crippen LogP contribution in [0.4, 0.5) is 5.69 Å². The molecule has 0 saturated carbocycles. The third-order valence-corrected chi connectivity index (χ3v) is 9.85. The van der Waals surface area contributed by atoms with Gasteiger partial charge in [0.15, 0.2) is 5.03 Å². The number of nitrogens with zero attached hydrogens (tertiary/aromatic N) is 3. The number of H-pyrrole nitrogens is 1. The lowest BCUT2D eigenvalue weighted by Gasteiger charge is -2.41. The molecule has 4 N–H and O–H groups in total. The van der Waals surface area contributed by atoms with Crippen LogP contribution in [0.2, 0.25) is 0 Å². The zero-order chi connectivity index (χ0) is 23.1. The summed E-state index contributed by atoms with van der Waals surface area (Å²) in [7, 11) is -6.19. The Bertz CT molecular complexity index is 1280. The summed E-state index contributed by atoms with van der Waals surface area (Å²) in [5.74, 6) is 0.884. The molecule has 0 bridgehead atoms.